The monoisotopic (exact) mass is 216 g/mol. The van der Waals surface area contributed by atoms with Gasteiger partial charge in [0.1, 0.15) is 5.54 Å². The highest BCUT2D eigenvalue weighted by atomic mass is 16.4. The Balaban J connectivity index is 4.30. The first kappa shape index (κ1) is 13.9. The number of hydrogen-bond acceptors (Lipinski definition) is 3. The van der Waals surface area contributed by atoms with Crippen LogP contribution >= 0.6 is 0 Å². The number of carbonyl (C=O) groups is 2. The summed E-state index contributed by atoms with van der Waals surface area (Å²) in [6.45, 7) is 8.39. The van der Waals surface area contributed by atoms with Gasteiger partial charge in [-0.15, -0.1) is 0 Å². The van der Waals surface area contributed by atoms with E-state index in [4.69, 9.17) is 5.11 Å². The number of amides is 1. The SMILES string of the molecule is CC(C)NC(=O)C(C)NC(C)(C)C(=O)O. The molecule has 0 heterocycles. The van der Waals surface area contributed by atoms with E-state index in [2.05, 4.69) is 10.6 Å². The van der Waals surface area contributed by atoms with Gasteiger partial charge in [0, 0.05) is 6.04 Å². The van der Waals surface area contributed by atoms with Crippen LogP contribution in [0.4, 0.5) is 0 Å². The first-order valence-electron chi connectivity index (χ1n) is 4.98. The van der Waals surface area contributed by atoms with Crippen molar-refractivity contribution in [3.05, 3.63) is 0 Å². The van der Waals surface area contributed by atoms with E-state index in [9.17, 15) is 9.59 Å². The molecule has 0 aromatic rings. The van der Waals surface area contributed by atoms with Crippen LogP contribution in [0.3, 0.4) is 0 Å². The molecule has 1 amide bonds. The fourth-order valence-electron chi connectivity index (χ4n) is 1.08. The maximum absolute atomic E-state index is 11.5. The van der Waals surface area contributed by atoms with Crippen molar-refractivity contribution in [2.45, 2.75) is 52.2 Å². The third-order valence-corrected chi connectivity index (χ3v) is 1.94. The molecule has 5 nitrogen and oxygen atoms in total. The molecule has 0 aliphatic heterocycles. The van der Waals surface area contributed by atoms with Gasteiger partial charge < -0.3 is 10.4 Å². The molecule has 1 unspecified atom stereocenters. The predicted molar refractivity (Wildman–Crippen MR) is 57.6 cm³/mol. The highest BCUT2D eigenvalue weighted by Crippen LogP contribution is 2.03. The van der Waals surface area contributed by atoms with Crippen LogP contribution in [0.5, 0.6) is 0 Å². The van der Waals surface area contributed by atoms with Crippen molar-refractivity contribution in [2.75, 3.05) is 0 Å². The Morgan fingerprint density at radius 3 is 2.00 bits per heavy atom. The summed E-state index contributed by atoms with van der Waals surface area (Å²) >= 11 is 0. The number of carbonyl (C=O) groups excluding carboxylic acids is 1. The van der Waals surface area contributed by atoms with Crippen molar-refractivity contribution >= 4 is 11.9 Å². The van der Waals surface area contributed by atoms with Crippen LogP contribution in [0, 0.1) is 0 Å². The molecule has 0 bridgehead atoms. The van der Waals surface area contributed by atoms with Crippen molar-refractivity contribution in [3.63, 3.8) is 0 Å². The molecular weight excluding hydrogens is 196 g/mol. The van der Waals surface area contributed by atoms with Crippen LogP contribution in [0.1, 0.15) is 34.6 Å². The van der Waals surface area contributed by atoms with E-state index >= 15 is 0 Å². The maximum atomic E-state index is 11.5. The molecule has 0 spiro atoms. The smallest absolute Gasteiger partial charge is 0.323 e. The molecule has 0 aliphatic carbocycles. The lowest BCUT2D eigenvalue weighted by atomic mass is 10.0. The highest BCUT2D eigenvalue weighted by molar-refractivity contribution is 5.84. The fraction of sp³-hybridized carbons (Fsp3) is 0.800. The van der Waals surface area contributed by atoms with Gasteiger partial charge >= 0.3 is 5.97 Å². The van der Waals surface area contributed by atoms with Gasteiger partial charge in [-0.05, 0) is 34.6 Å². The van der Waals surface area contributed by atoms with Crippen LogP contribution in [-0.2, 0) is 9.59 Å². The summed E-state index contributed by atoms with van der Waals surface area (Å²) in [6.07, 6.45) is 0. The topological polar surface area (TPSA) is 78.4 Å². The van der Waals surface area contributed by atoms with Gasteiger partial charge in [0.25, 0.3) is 0 Å². The Morgan fingerprint density at radius 2 is 1.67 bits per heavy atom. The Morgan fingerprint density at radius 1 is 1.20 bits per heavy atom. The third-order valence-electron chi connectivity index (χ3n) is 1.94. The third kappa shape index (κ3) is 4.78. The second kappa shape index (κ2) is 5.11. The maximum Gasteiger partial charge on any atom is 0.323 e. The molecule has 0 saturated heterocycles. The Hall–Kier alpha value is -1.10. The number of carboxylic acid groups (broad SMARTS) is 1. The van der Waals surface area contributed by atoms with E-state index in [1.807, 2.05) is 13.8 Å². The van der Waals surface area contributed by atoms with Crippen molar-refractivity contribution in [3.8, 4) is 0 Å². The number of nitrogens with one attached hydrogen (secondary N) is 2. The Labute approximate surface area is 90.2 Å². The van der Waals surface area contributed by atoms with Gasteiger partial charge in [0.2, 0.25) is 5.91 Å². The number of aliphatic carboxylic acids is 1. The second-order valence-electron chi connectivity index (χ2n) is 4.46. The molecule has 0 rings (SSSR count). The summed E-state index contributed by atoms with van der Waals surface area (Å²) in [7, 11) is 0. The normalized spacial score (nSPS) is 13.7. The van der Waals surface area contributed by atoms with Gasteiger partial charge in [-0.2, -0.15) is 0 Å². The van der Waals surface area contributed by atoms with Gasteiger partial charge in [0.15, 0.2) is 0 Å². The summed E-state index contributed by atoms with van der Waals surface area (Å²) in [4.78, 5) is 22.3. The Kier molecular flexibility index (Phi) is 4.74. The van der Waals surface area contributed by atoms with E-state index in [0.29, 0.717) is 0 Å². The first-order chi connectivity index (χ1) is 6.66. The summed E-state index contributed by atoms with van der Waals surface area (Å²) < 4.78 is 0. The van der Waals surface area contributed by atoms with Crippen molar-refractivity contribution in [2.24, 2.45) is 0 Å². The molecule has 15 heavy (non-hydrogen) atoms. The van der Waals surface area contributed by atoms with Gasteiger partial charge in [-0.25, -0.2) is 0 Å². The van der Waals surface area contributed by atoms with Crippen molar-refractivity contribution in [1.29, 1.82) is 0 Å². The van der Waals surface area contributed by atoms with E-state index in [0.717, 1.165) is 0 Å². The Bertz CT molecular complexity index is 249. The van der Waals surface area contributed by atoms with Gasteiger partial charge in [-0.3, -0.25) is 14.9 Å². The molecule has 88 valence electrons. The molecule has 0 aromatic carbocycles. The number of rotatable bonds is 5. The van der Waals surface area contributed by atoms with E-state index < -0.39 is 17.6 Å². The zero-order valence-electron chi connectivity index (χ0n) is 9.92. The summed E-state index contributed by atoms with van der Waals surface area (Å²) in [5, 5.41) is 14.3. The zero-order chi connectivity index (χ0) is 12.2. The predicted octanol–water partition coefficient (Wildman–Crippen LogP) is 0.352. The van der Waals surface area contributed by atoms with E-state index in [1.54, 1.807) is 6.92 Å². The van der Waals surface area contributed by atoms with Crippen molar-refractivity contribution < 1.29 is 14.7 Å². The molecular formula is C10H20N2O3. The van der Waals surface area contributed by atoms with Crippen LogP contribution < -0.4 is 10.6 Å². The van der Waals surface area contributed by atoms with Gasteiger partial charge in [0.05, 0.1) is 6.04 Å². The minimum absolute atomic E-state index is 0.0506. The summed E-state index contributed by atoms with van der Waals surface area (Å²) in [5.74, 6) is -1.17. The minimum atomic E-state index is -1.10. The lowest BCUT2D eigenvalue weighted by Gasteiger charge is -2.25. The van der Waals surface area contributed by atoms with Crippen LogP contribution in [-0.4, -0.2) is 34.6 Å². The molecule has 1 atom stereocenters. The highest BCUT2D eigenvalue weighted by Gasteiger charge is 2.30. The molecule has 3 N–H and O–H groups in total. The van der Waals surface area contributed by atoms with Crippen LogP contribution in [0.2, 0.25) is 0 Å². The average molecular weight is 216 g/mol. The quantitative estimate of drug-likeness (QED) is 0.619. The largest absolute Gasteiger partial charge is 0.480 e. The summed E-state index contributed by atoms with van der Waals surface area (Å²) in [5.41, 5.74) is -1.10. The molecule has 0 fully saturated rings. The molecule has 0 saturated carbocycles. The number of hydrogen-bond donors (Lipinski definition) is 3. The molecule has 5 heteroatoms. The number of carboxylic acids is 1. The molecule has 0 aromatic heterocycles. The lowest BCUT2D eigenvalue weighted by Crippen LogP contribution is -2.56. The lowest BCUT2D eigenvalue weighted by molar-refractivity contribution is -0.144. The van der Waals surface area contributed by atoms with Crippen LogP contribution in [0.15, 0.2) is 0 Å². The standard InChI is InChI=1S/C10H20N2O3/c1-6(2)11-8(13)7(3)12-10(4,5)9(14)15/h6-7,12H,1-5H3,(H,11,13)(H,14,15). The average Bonchev–Trinajstić information content (AvgIpc) is 2.01. The van der Waals surface area contributed by atoms with Gasteiger partial charge in [-0.1, -0.05) is 0 Å². The minimum Gasteiger partial charge on any atom is -0.480 e. The van der Waals surface area contributed by atoms with Crippen LogP contribution in [0.25, 0.3) is 0 Å². The molecule has 0 radical (unpaired) electrons. The second-order valence-corrected chi connectivity index (χ2v) is 4.46. The van der Waals surface area contributed by atoms with E-state index in [-0.39, 0.29) is 11.9 Å². The summed E-state index contributed by atoms with van der Waals surface area (Å²) in [6, 6.07) is -0.479. The van der Waals surface area contributed by atoms with Crippen molar-refractivity contribution in [1.82, 2.24) is 10.6 Å². The van der Waals surface area contributed by atoms with E-state index in [1.165, 1.54) is 13.8 Å². The fourth-order valence-corrected chi connectivity index (χ4v) is 1.08. The first-order valence-corrected chi connectivity index (χ1v) is 4.98. The zero-order valence-corrected chi connectivity index (χ0v) is 9.92. The molecule has 0 aliphatic rings.